The fourth-order valence-corrected chi connectivity index (χ4v) is 3.42. The highest BCUT2D eigenvalue weighted by Gasteiger charge is 2.04. The minimum absolute atomic E-state index is 0.902. The zero-order valence-electron chi connectivity index (χ0n) is 10.5. The van der Waals surface area contributed by atoms with Crippen molar-refractivity contribution < 1.29 is 0 Å². The molecule has 3 heteroatoms. The van der Waals surface area contributed by atoms with E-state index in [0.717, 1.165) is 13.0 Å². The third kappa shape index (κ3) is 3.25. The van der Waals surface area contributed by atoms with Crippen molar-refractivity contribution in [1.29, 1.82) is 0 Å². The van der Waals surface area contributed by atoms with Crippen LogP contribution in [0.3, 0.4) is 0 Å². The molecule has 96 valence electrons. The molecule has 0 radical (unpaired) electrons. The van der Waals surface area contributed by atoms with E-state index in [4.69, 9.17) is 0 Å². The largest absolute Gasteiger partial charge is 0.380 e. The van der Waals surface area contributed by atoms with Gasteiger partial charge >= 0.3 is 0 Å². The van der Waals surface area contributed by atoms with Crippen LogP contribution in [0.1, 0.15) is 15.3 Å². The fraction of sp³-hybridized carbons (Fsp3) is 0.125. The van der Waals surface area contributed by atoms with E-state index in [1.165, 1.54) is 21.0 Å². The number of nitrogens with one attached hydrogen (secondary N) is 1. The Hall–Kier alpha value is -1.58. The van der Waals surface area contributed by atoms with Crippen LogP contribution in [0.25, 0.3) is 0 Å². The van der Waals surface area contributed by atoms with Crippen molar-refractivity contribution in [3.8, 4) is 0 Å². The summed E-state index contributed by atoms with van der Waals surface area (Å²) in [7, 11) is 0. The molecule has 2 heterocycles. The molecule has 2 aromatic heterocycles. The Morgan fingerprint density at radius 1 is 0.789 bits per heavy atom. The Balaban J connectivity index is 1.73. The maximum Gasteiger partial charge on any atom is 0.0494 e. The standard InChI is InChI=1S/C16H15NS2/c1-2-8-16(17-12-15-7-4-10-19-15)13(5-1)11-14-6-3-9-18-14/h1-10,17H,11-12H2. The lowest BCUT2D eigenvalue weighted by molar-refractivity contribution is 1.15. The van der Waals surface area contributed by atoms with Crippen LogP contribution in [0.5, 0.6) is 0 Å². The highest BCUT2D eigenvalue weighted by Crippen LogP contribution is 2.22. The average molecular weight is 285 g/mol. The third-order valence-electron chi connectivity index (χ3n) is 3.00. The maximum absolute atomic E-state index is 3.54. The van der Waals surface area contributed by atoms with Crippen molar-refractivity contribution in [3.63, 3.8) is 0 Å². The van der Waals surface area contributed by atoms with Crippen LogP contribution >= 0.6 is 22.7 Å². The predicted octanol–water partition coefficient (Wildman–Crippen LogP) is 5.01. The van der Waals surface area contributed by atoms with E-state index in [-0.39, 0.29) is 0 Å². The van der Waals surface area contributed by atoms with Crippen molar-refractivity contribution in [2.45, 2.75) is 13.0 Å². The first-order valence-electron chi connectivity index (χ1n) is 6.28. The van der Waals surface area contributed by atoms with Crippen LogP contribution in [0, 0.1) is 0 Å². The van der Waals surface area contributed by atoms with Crippen LogP contribution in [-0.2, 0) is 13.0 Å². The van der Waals surface area contributed by atoms with Crippen molar-refractivity contribution in [2.24, 2.45) is 0 Å². The number of para-hydroxylation sites is 1. The number of benzene rings is 1. The van der Waals surface area contributed by atoms with E-state index < -0.39 is 0 Å². The van der Waals surface area contributed by atoms with Gasteiger partial charge in [0.05, 0.1) is 0 Å². The summed E-state index contributed by atoms with van der Waals surface area (Å²) in [6, 6.07) is 17.1. The number of thiophene rings is 2. The molecule has 0 atom stereocenters. The minimum Gasteiger partial charge on any atom is -0.380 e. The van der Waals surface area contributed by atoms with Gasteiger partial charge in [0, 0.05) is 28.4 Å². The summed E-state index contributed by atoms with van der Waals surface area (Å²) in [4.78, 5) is 2.77. The lowest BCUT2D eigenvalue weighted by Crippen LogP contribution is -2.01. The Morgan fingerprint density at radius 2 is 1.53 bits per heavy atom. The van der Waals surface area contributed by atoms with Gasteiger partial charge < -0.3 is 5.32 Å². The van der Waals surface area contributed by atoms with Crippen molar-refractivity contribution in [1.82, 2.24) is 0 Å². The molecule has 0 aliphatic carbocycles. The summed E-state index contributed by atoms with van der Waals surface area (Å²) in [5.41, 5.74) is 2.60. The molecule has 19 heavy (non-hydrogen) atoms. The Labute approximate surface area is 121 Å². The fourth-order valence-electron chi connectivity index (χ4n) is 2.04. The lowest BCUT2D eigenvalue weighted by Gasteiger charge is -2.10. The van der Waals surface area contributed by atoms with Crippen LogP contribution in [0.15, 0.2) is 59.3 Å². The molecule has 0 unspecified atom stereocenters. The van der Waals surface area contributed by atoms with E-state index in [1.54, 1.807) is 11.3 Å². The first-order chi connectivity index (χ1) is 9.42. The SMILES string of the molecule is c1csc(CNc2ccccc2Cc2cccs2)c1. The van der Waals surface area contributed by atoms with Crippen molar-refractivity contribution in [2.75, 3.05) is 5.32 Å². The molecule has 0 fully saturated rings. The quantitative estimate of drug-likeness (QED) is 0.694. The van der Waals surface area contributed by atoms with Gasteiger partial charge in [0.25, 0.3) is 0 Å². The maximum atomic E-state index is 3.54. The van der Waals surface area contributed by atoms with E-state index in [9.17, 15) is 0 Å². The second-order valence-electron chi connectivity index (χ2n) is 4.35. The number of hydrogen-bond donors (Lipinski definition) is 1. The zero-order valence-corrected chi connectivity index (χ0v) is 12.1. The molecule has 3 rings (SSSR count). The first-order valence-corrected chi connectivity index (χ1v) is 8.04. The second-order valence-corrected chi connectivity index (χ2v) is 6.41. The Morgan fingerprint density at radius 3 is 2.26 bits per heavy atom. The molecule has 1 N–H and O–H groups in total. The zero-order chi connectivity index (χ0) is 12.9. The molecule has 0 aliphatic heterocycles. The van der Waals surface area contributed by atoms with E-state index in [1.807, 2.05) is 11.3 Å². The molecule has 0 saturated heterocycles. The lowest BCUT2D eigenvalue weighted by atomic mass is 10.1. The molecule has 1 aromatic carbocycles. The molecule has 0 aliphatic rings. The summed E-state index contributed by atoms with van der Waals surface area (Å²) in [6.07, 6.45) is 1.01. The highest BCUT2D eigenvalue weighted by atomic mass is 32.1. The molecular weight excluding hydrogens is 270 g/mol. The van der Waals surface area contributed by atoms with Gasteiger partial charge in [0.2, 0.25) is 0 Å². The smallest absolute Gasteiger partial charge is 0.0494 e. The summed E-state index contributed by atoms with van der Waals surface area (Å²) < 4.78 is 0. The molecule has 3 aromatic rings. The average Bonchev–Trinajstić information content (AvgIpc) is 3.10. The van der Waals surface area contributed by atoms with Gasteiger partial charge in [-0.3, -0.25) is 0 Å². The Kier molecular flexibility index (Phi) is 3.96. The number of rotatable bonds is 5. The topological polar surface area (TPSA) is 12.0 Å². The van der Waals surface area contributed by atoms with Gasteiger partial charge in [0.15, 0.2) is 0 Å². The van der Waals surface area contributed by atoms with Crippen molar-refractivity contribution >= 4 is 28.4 Å². The summed E-state index contributed by atoms with van der Waals surface area (Å²) in [5, 5.41) is 7.80. The van der Waals surface area contributed by atoms with Gasteiger partial charge in [-0.1, -0.05) is 30.3 Å². The second kappa shape index (κ2) is 6.04. The van der Waals surface area contributed by atoms with Crippen LogP contribution < -0.4 is 5.32 Å². The molecule has 0 spiro atoms. The third-order valence-corrected chi connectivity index (χ3v) is 4.75. The molecule has 1 nitrogen and oxygen atoms in total. The normalized spacial score (nSPS) is 10.5. The first kappa shape index (κ1) is 12.5. The van der Waals surface area contributed by atoms with E-state index in [2.05, 4.69) is 64.6 Å². The highest BCUT2D eigenvalue weighted by molar-refractivity contribution is 7.10. The Bertz CT molecular complexity index is 612. The molecule has 0 bridgehead atoms. The monoisotopic (exact) mass is 285 g/mol. The number of hydrogen-bond acceptors (Lipinski definition) is 3. The summed E-state index contributed by atoms with van der Waals surface area (Å²) >= 11 is 3.61. The van der Waals surface area contributed by atoms with Crippen LogP contribution in [-0.4, -0.2) is 0 Å². The summed E-state index contributed by atoms with van der Waals surface area (Å²) in [5.74, 6) is 0. The number of anilines is 1. The van der Waals surface area contributed by atoms with Gasteiger partial charge in [-0.15, -0.1) is 22.7 Å². The predicted molar refractivity (Wildman–Crippen MR) is 85.2 cm³/mol. The van der Waals surface area contributed by atoms with E-state index >= 15 is 0 Å². The molecule has 0 saturated carbocycles. The van der Waals surface area contributed by atoms with Crippen LogP contribution in [0.4, 0.5) is 5.69 Å². The van der Waals surface area contributed by atoms with Gasteiger partial charge in [0.1, 0.15) is 0 Å². The molecular formula is C16H15NS2. The van der Waals surface area contributed by atoms with Crippen LogP contribution in [0.2, 0.25) is 0 Å². The van der Waals surface area contributed by atoms with Gasteiger partial charge in [-0.25, -0.2) is 0 Å². The van der Waals surface area contributed by atoms with E-state index in [0.29, 0.717) is 0 Å². The molecule has 0 amide bonds. The minimum atomic E-state index is 0.902. The summed E-state index contributed by atoms with van der Waals surface area (Å²) in [6.45, 7) is 0.902. The van der Waals surface area contributed by atoms with Gasteiger partial charge in [-0.05, 0) is 34.5 Å². The van der Waals surface area contributed by atoms with Gasteiger partial charge in [-0.2, -0.15) is 0 Å². The van der Waals surface area contributed by atoms with Crippen molar-refractivity contribution in [3.05, 3.63) is 74.6 Å².